The van der Waals surface area contributed by atoms with E-state index in [1.54, 1.807) is 6.20 Å². The van der Waals surface area contributed by atoms with Crippen LogP contribution in [-0.2, 0) is 36.9 Å². The Labute approximate surface area is 268 Å². The van der Waals surface area contributed by atoms with Gasteiger partial charge in [0.2, 0.25) is 23.6 Å². The lowest BCUT2D eigenvalue weighted by atomic mass is 9.85. The van der Waals surface area contributed by atoms with Crippen LogP contribution in [0.3, 0.4) is 0 Å². The monoisotopic (exact) mass is 633 g/mol. The van der Waals surface area contributed by atoms with Gasteiger partial charge in [0.1, 0.15) is 23.8 Å². The van der Waals surface area contributed by atoms with Crippen molar-refractivity contribution >= 4 is 23.6 Å². The minimum Gasteiger partial charge on any atom is -0.391 e. The molecule has 13 nitrogen and oxygen atoms in total. The number of aliphatic hydroxyl groups is 1. The van der Waals surface area contributed by atoms with Crippen LogP contribution >= 0.6 is 0 Å². The van der Waals surface area contributed by atoms with Gasteiger partial charge in [0.15, 0.2) is 0 Å². The molecular weight excluding hydrogens is 590 g/mol. The van der Waals surface area contributed by atoms with Gasteiger partial charge in [0.25, 0.3) is 0 Å². The predicted octanol–water partition coefficient (Wildman–Crippen LogP) is 1.36. The van der Waals surface area contributed by atoms with Crippen molar-refractivity contribution in [3.8, 4) is 11.1 Å². The highest BCUT2D eigenvalue weighted by Crippen LogP contribution is 2.34. The normalized spacial score (nSPS) is 17.7. The van der Waals surface area contributed by atoms with E-state index in [2.05, 4.69) is 20.9 Å². The number of β-amino-alcohol motifs (C(OH)–C–C–N with tert-alkyl or cyclic N) is 1. The van der Waals surface area contributed by atoms with Gasteiger partial charge < -0.3 is 31.1 Å². The molecule has 3 aromatic rings. The molecule has 2 aromatic carbocycles. The van der Waals surface area contributed by atoms with E-state index in [4.69, 9.17) is 10.5 Å². The lowest BCUT2D eigenvalue weighted by molar-refractivity contribution is -0.144. The number of rotatable bonds is 13. The summed E-state index contributed by atoms with van der Waals surface area (Å²) in [5.41, 5.74) is 8.40. The van der Waals surface area contributed by atoms with E-state index in [1.807, 2.05) is 75.4 Å². The van der Waals surface area contributed by atoms with Crippen LogP contribution in [0.4, 0.5) is 0 Å². The summed E-state index contributed by atoms with van der Waals surface area (Å²) in [5, 5.41) is 24.2. The molecule has 4 rings (SSSR count). The first-order chi connectivity index (χ1) is 21.8. The highest BCUT2D eigenvalue weighted by Gasteiger charge is 2.45. The molecule has 13 heteroatoms. The summed E-state index contributed by atoms with van der Waals surface area (Å²) < 4.78 is 6.99. The van der Waals surface area contributed by atoms with E-state index in [0.29, 0.717) is 12.2 Å². The first-order valence-electron chi connectivity index (χ1n) is 15.3. The third-order valence-electron chi connectivity index (χ3n) is 7.77. The zero-order valence-corrected chi connectivity index (χ0v) is 26.7. The minimum absolute atomic E-state index is 0.0104. The van der Waals surface area contributed by atoms with Crippen LogP contribution in [0.25, 0.3) is 11.1 Å². The smallest absolute Gasteiger partial charge is 0.248 e. The summed E-state index contributed by atoms with van der Waals surface area (Å²) in [7, 11) is 0. The van der Waals surface area contributed by atoms with Gasteiger partial charge in [-0.2, -0.15) is 0 Å². The quantitative estimate of drug-likeness (QED) is 0.204. The molecule has 46 heavy (non-hydrogen) atoms. The molecule has 1 saturated heterocycles. The van der Waals surface area contributed by atoms with E-state index < -0.39 is 47.4 Å². The van der Waals surface area contributed by atoms with Crippen LogP contribution in [0.5, 0.6) is 0 Å². The molecule has 0 saturated carbocycles. The summed E-state index contributed by atoms with van der Waals surface area (Å²) in [5.74, 6) is -1.86. The molecule has 1 aromatic heterocycles. The van der Waals surface area contributed by atoms with Gasteiger partial charge in [-0.3, -0.25) is 19.2 Å². The molecule has 4 amide bonds. The molecule has 1 aliphatic heterocycles. The molecular formula is C33H43N7O6. The first-order valence-corrected chi connectivity index (χ1v) is 15.3. The molecule has 1 aliphatic rings. The second-order valence-electron chi connectivity index (χ2n) is 12.6. The highest BCUT2D eigenvalue weighted by atomic mass is 16.5. The van der Waals surface area contributed by atoms with E-state index >= 15 is 0 Å². The number of likely N-dealkylation sites (tertiary alicyclic amines) is 1. The van der Waals surface area contributed by atoms with Crippen molar-refractivity contribution < 1.29 is 29.0 Å². The van der Waals surface area contributed by atoms with Crippen LogP contribution in [0.2, 0.25) is 0 Å². The van der Waals surface area contributed by atoms with E-state index in [-0.39, 0.29) is 38.5 Å². The number of nitrogens with zero attached hydrogens (tertiary/aromatic N) is 4. The number of amides is 4. The van der Waals surface area contributed by atoms with Crippen molar-refractivity contribution in [2.45, 2.75) is 71.4 Å². The molecule has 0 bridgehead atoms. The minimum atomic E-state index is -1.02. The summed E-state index contributed by atoms with van der Waals surface area (Å²) in [6.45, 7) is 7.73. The Morgan fingerprint density at radius 1 is 1.07 bits per heavy atom. The van der Waals surface area contributed by atoms with Crippen molar-refractivity contribution in [3.63, 3.8) is 0 Å². The number of hydrogen-bond donors (Lipinski definition) is 4. The molecule has 4 atom stereocenters. The van der Waals surface area contributed by atoms with Crippen molar-refractivity contribution in [3.05, 3.63) is 72.1 Å². The van der Waals surface area contributed by atoms with Crippen molar-refractivity contribution in [2.24, 2.45) is 11.1 Å². The molecule has 0 aliphatic carbocycles. The van der Waals surface area contributed by atoms with Crippen LogP contribution in [0.15, 0.2) is 60.8 Å². The number of ether oxygens (including phenoxy) is 1. The standard InChI is InChI=1S/C33H43N7O6/c1-21(41)35-14-15-46-20-25-18-40(38-37-25)29(33(2,3)4)32(45)39-19-26(42)17-28(39)31(44)36-27(30(34)43)16-22-10-12-24(13-11-22)23-8-6-5-7-9-23/h5-13,18,26-29,42H,14-17,19-20H2,1-4H3,(H2,34,43)(H,35,41)(H,36,44)/t26-,27?,28+,29?/m1/s1. The Kier molecular flexibility index (Phi) is 11.3. The number of primary amides is 1. The molecule has 5 N–H and O–H groups in total. The van der Waals surface area contributed by atoms with Crippen molar-refractivity contribution in [1.82, 2.24) is 30.5 Å². The Morgan fingerprint density at radius 3 is 2.37 bits per heavy atom. The highest BCUT2D eigenvalue weighted by molar-refractivity contribution is 5.93. The van der Waals surface area contributed by atoms with Crippen LogP contribution in [-0.4, -0.2) is 86.5 Å². The zero-order chi connectivity index (χ0) is 33.4. The first kappa shape index (κ1) is 34.3. The van der Waals surface area contributed by atoms with E-state index in [1.165, 1.54) is 16.5 Å². The van der Waals surface area contributed by atoms with Crippen molar-refractivity contribution in [1.29, 1.82) is 0 Å². The van der Waals surface area contributed by atoms with Crippen LogP contribution in [0.1, 0.15) is 51.4 Å². The number of nitrogens with one attached hydrogen (secondary N) is 2. The van der Waals surface area contributed by atoms with E-state index in [9.17, 15) is 24.3 Å². The lowest BCUT2D eigenvalue weighted by Crippen LogP contribution is -2.54. The summed E-state index contributed by atoms with van der Waals surface area (Å²) >= 11 is 0. The number of nitrogens with two attached hydrogens (primary N) is 1. The molecule has 0 radical (unpaired) electrons. The molecule has 246 valence electrons. The fourth-order valence-corrected chi connectivity index (χ4v) is 5.52. The van der Waals surface area contributed by atoms with Crippen LogP contribution < -0.4 is 16.4 Å². The number of aromatic nitrogens is 3. The Morgan fingerprint density at radius 2 is 1.74 bits per heavy atom. The second-order valence-corrected chi connectivity index (χ2v) is 12.6. The number of benzene rings is 2. The summed E-state index contributed by atoms with van der Waals surface area (Å²) in [6.07, 6.45) is 0.857. The molecule has 1 fully saturated rings. The Balaban J connectivity index is 1.44. The SMILES string of the molecule is CC(=O)NCCOCc1cn(C(C(=O)N2C[C@H](O)C[C@H]2C(=O)NC(Cc2ccc(-c3ccccc3)cc2)C(N)=O)C(C)(C)C)nn1. The fraction of sp³-hybridized carbons (Fsp3) is 0.455. The maximum atomic E-state index is 14.1. The number of carbonyl (C=O) groups is 4. The van der Waals surface area contributed by atoms with Gasteiger partial charge in [-0.25, -0.2) is 4.68 Å². The third kappa shape index (κ3) is 8.98. The predicted molar refractivity (Wildman–Crippen MR) is 170 cm³/mol. The maximum Gasteiger partial charge on any atom is 0.248 e. The topological polar surface area (TPSA) is 182 Å². The second kappa shape index (κ2) is 15.1. The van der Waals surface area contributed by atoms with Crippen molar-refractivity contribution in [2.75, 3.05) is 19.7 Å². The average Bonchev–Trinajstić information content (AvgIpc) is 3.63. The Bertz CT molecular complexity index is 1500. The number of aliphatic hydroxyl groups excluding tert-OH is 1. The van der Waals surface area contributed by atoms with Gasteiger partial charge in [-0.05, 0) is 22.1 Å². The largest absolute Gasteiger partial charge is 0.391 e. The fourth-order valence-electron chi connectivity index (χ4n) is 5.52. The summed E-state index contributed by atoms with van der Waals surface area (Å²) in [4.78, 5) is 52.4. The molecule has 2 unspecified atom stereocenters. The van der Waals surface area contributed by atoms with E-state index in [0.717, 1.165) is 16.7 Å². The third-order valence-corrected chi connectivity index (χ3v) is 7.77. The van der Waals surface area contributed by atoms with Gasteiger partial charge in [-0.1, -0.05) is 80.6 Å². The number of carbonyl (C=O) groups excluding carboxylic acids is 4. The Hall–Kier alpha value is -4.62. The van der Waals surface area contributed by atoms with Gasteiger partial charge in [0, 0.05) is 32.9 Å². The average molecular weight is 634 g/mol. The molecule has 2 heterocycles. The lowest BCUT2D eigenvalue weighted by Gasteiger charge is -2.34. The zero-order valence-electron chi connectivity index (χ0n) is 26.7. The molecule has 0 spiro atoms. The number of hydrogen-bond acceptors (Lipinski definition) is 8. The van der Waals surface area contributed by atoms with Gasteiger partial charge >= 0.3 is 0 Å². The van der Waals surface area contributed by atoms with Crippen LogP contribution in [0, 0.1) is 5.41 Å². The van der Waals surface area contributed by atoms with Gasteiger partial charge in [0.05, 0.1) is 25.5 Å². The summed E-state index contributed by atoms with van der Waals surface area (Å²) in [6, 6.07) is 14.6. The van der Waals surface area contributed by atoms with Gasteiger partial charge in [-0.15, -0.1) is 5.10 Å². The maximum absolute atomic E-state index is 14.1.